The van der Waals surface area contributed by atoms with Crippen LogP contribution in [-0.2, 0) is 14.4 Å². The second-order valence-corrected chi connectivity index (χ2v) is 7.88. The molecule has 10 heteroatoms. The molecule has 2 aliphatic rings. The van der Waals surface area contributed by atoms with Gasteiger partial charge in [-0.05, 0) is 23.8 Å². The van der Waals surface area contributed by atoms with E-state index in [1.54, 1.807) is 30.3 Å². The van der Waals surface area contributed by atoms with Gasteiger partial charge in [0, 0.05) is 0 Å². The van der Waals surface area contributed by atoms with Gasteiger partial charge in [-0.1, -0.05) is 47.9 Å². The van der Waals surface area contributed by atoms with Crippen LogP contribution in [0, 0.1) is 0 Å². The summed E-state index contributed by atoms with van der Waals surface area (Å²) in [4.78, 5) is 46.4. The van der Waals surface area contributed by atoms with Crippen molar-refractivity contribution in [3.63, 3.8) is 0 Å². The number of carbonyl (C=O) groups is 4. The summed E-state index contributed by atoms with van der Waals surface area (Å²) >= 11 is 6.87. The molecule has 3 rings (SSSR count). The summed E-state index contributed by atoms with van der Waals surface area (Å²) in [5, 5.41) is 3.41. The van der Waals surface area contributed by atoms with E-state index in [9.17, 15) is 19.2 Å². The van der Waals surface area contributed by atoms with Gasteiger partial charge in [-0.15, -0.1) is 0 Å². The fraction of sp³-hybridized carbons (Fsp3) is 0.133. The standard InChI is InChI=1S/C15H10N2O5S3/c18-11(6-10-12(19)16-14(21)24-10)22-8-3-1-7(2-4-8)5-9-13(20)17-15(23)25-9/h1-5,10H,6H2,(H,16,19,21)(H,17,20,23)/b9-5-. The predicted octanol–water partition coefficient (Wildman–Crippen LogP) is 1.82. The van der Waals surface area contributed by atoms with Crippen LogP contribution in [-0.4, -0.2) is 32.6 Å². The van der Waals surface area contributed by atoms with Crippen LogP contribution in [0.3, 0.4) is 0 Å². The maximum atomic E-state index is 11.9. The molecule has 0 saturated carbocycles. The van der Waals surface area contributed by atoms with Crippen LogP contribution < -0.4 is 15.4 Å². The normalized spacial score (nSPS) is 21.4. The van der Waals surface area contributed by atoms with E-state index in [1.165, 1.54) is 11.8 Å². The number of ether oxygens (including phenoxy) is 1. The van der Waals surface area contributed by atoms with Crippen LogP contribution in [0.4, 0.5) is 4.79 Å². The zero-order valence-corrected chi connectivity index (χ0v) is 14.9. The van der Waals surface area contributed by atoms with Crippen molar-refractivity contribution in [2.24, 2.45) is 0 Å². The number of thioether (sulfide) groups is 2. The second kappa shape index (κ2) is 7.38. The number of imide groups is 1. The minimum Gasteiger partial charge on any atom is -0.426 e. The van der Waals surface area contributed by atoms with E-state index in [0.717, 1.165) is 17.3 Å². The van der Waals surface area contributed by atoms with Crippen LogP contribution in [0.25, 0.3) is 6.08 Å². The monoisotopic (exact) mass is 394 g/mol. The lowest BCUT2D eigenvalue weighted by molar-refractivity contribution is -0.135. The van der Waals surface area contributed by atoms with Gasteiger partial charge >= 0.3 is 5.97 Å². The van der Waals surface area contributed by atoms with Crippen molar-refractivity contribution in [1.29, 1.82) is 0 Å². The molecule has 1 aromatic rings. The van der Waals surface area contributed by atoms with Crippen LogP contribution in [0.15, 0.2) is 29.2 Å². The lowest BCUT2D eigenvalue weighted by atomic mass is 10.2. The fourth-order valence-electron chi connectivity index (χ4n) is 2.06. The fourth-order valence-corrected chi connectivity index (χ4v) is 3.90. The van der Waals surface area contributed by atoms with Crippen molar-refractivity contribution in [2.45, 2.75) is 11.7 Å². The average molecular weight is 394 g/mol. The molecule has 2 N–H and O–H groups in total. The molecular formula is C15H10N2O5S3. The Morgan fingerprint density at radius 1 is 1.20 bits per heavy atom. The molecule has 2 aliphatic heterocycles. The van der Waals surface area contributed by atoms with E-state index < -0.39 is 22.4 Å². The number of rotatable bonds is 4. The lowest BCUT2D eigenvalue weighted by Crippen LogP contribution is -2.27. The second-order valence-electron chi connectivity index (χ2n) is 4.98. The molecule has 0 bridgehead atoms. The van der Waals surface area contributed by atoms with Crippen molar-refractivity contribution in [3.05, 3.63) is 34.7 Å². The first-order valence-corrected chi connectivity index (χ1v) is 9.08. The van der Waals surface area contributed by atoms with Gasteiger partial charge in [0.15, 0.2) is 0 Å². The maximum absolute atomic E-state index is 11.9. The van der Waals surface area contributed by atoms with Crippen molar-refractivity contribution in [3.8, 4) is 5.75 Å². The number of amides is 3. The van der Waals surface area contributed by atoms with Crippen molar-refractivity contribution in [1.82, 2.24) is 10.6 Å². The summed E-state index contributed by atoms with van der Waals surface area (Å²) in [5.41, 5.74) is 0.749. The van der Waals surface area contributed by atoms with Gasteiger partial charge in [0.2, 0.25) is 5.91 Å². The minimum absolute atomic E-state index is 0.192. The van der Waals surface area contributed by atoms with Crippen molar-refractivity contribution < 1.29 is 23.9 Å². The number of carbonyl (C=O) groups excluding carboxylic acids is 4. The van der Waals surface area contributed by atoms with E-state index in [1.807, 2.05) is 0 Å². The molecule has 1 aromatic carbocycles. The van der Waals surface area contributed by atoms with Crippen LogP contribution in [0.5, 0.6) is 5.75 Å². The Morgan fingerprint density at radius 3 is 2.48 bits per heavy atom. The molecule has 25 heavy (non-hydrogen) atoms. The van der Waals surface area contributed by atoms with Crippen LogP contribution >= 0.6 is 35.7 Å². The van der Waals surface area contributed by atoms with Gasteiger partial charge in [0.25, 0.3) is 11.1 Å². The third-order valence-corrected chi connectivity index (χ3v) is 5.31. The average Bonchev–Trinajstić information content (AvgIpc) is 3.02. The lowest BCUT2D eigenvalue weighted by Gasteiger charge is -2.06. The van der Waals surface area contributed by atoms with E-state index in [0.29, 0.717) is 15.0 Å². The summed E-state index contributed by atoms with van der Waals surface area (Å²) in [6.45, 7) is 0. The third kappa shape index (κ3) is 4.47. The van der Waals surface area contributed by atoms with Crippen LogP contribution in [0.1, 0.15) is 12.0 Å². The number of thiocarbonyl (C=S) groups is 1. The summed E-state index contributed by atoms with van der Waals surface area (Å²) in [7, 11) is 0. The molecule has 2 heterocycles. The maximum Gasteiger partial charge on any atom is 0.312 e. The Morgan fingerprint density at radius 2 is 1.92 bits per heavy atom. The summed E-state index contributed by atoms with van der Waals surface area (Å²) in [6, 6.07) is 6.52. The zero-order chi connectivity index (χ0) is 18.0. The number of esters is 1. The van der Waals surface area contributed by atoms with E-state index in [2.05, 4.69) is 10.6 Å². The molecule has 0 aromatic heterocycles. The molecule has 3 amide bonds. The first-order valence-electron chi connectivity index (χ1n) is 6.98. The molecule has 128 valence electrons. The molecule has 1 atom stereocenters. The number of hydrogen-bond donors (Lipinski definition) is 2. The van der Waals surface area contributed by atoms with Gasteiger partial charge in [0.05, 0.1) is 11.3 Å². The van der Waals surface area contributed by atoms with Gasteiger partial charge < -0.3 is 10.1 Å². The Balaban J connectivity index is 1.59. The van der Waals surface area contributed by atoms with Gasteiger partial charge in [-0.3, -0.25) is 24.5 Å². The summed E-state index contributed by atoms with van der Waals surface area (Å²) in [5.74, 6) is -1.03. The molecule has 0 aliphatic carbocycles. The SMILES string of the molecule is O=C(CC1SC(=O)NC1=O)Oc1ccc(/C=C2\SC(=S)NC2=O)cc1. The highest BCUT2D eigenvalue weighted by Crippen LogP contribution is 2.27. The number of hydrogen-bond acceptors (Lipinski definition) is 8. The van der Waals surface area contributed by atoms with E-state index in [4.69, 9.17) is 17.0 Å². The third-order valence-electron chi connectivity index (χ3n) is 3.17. The first kappa shape index (κ1) is 17.6. The van der Waals surface area contributed by atoms with E-state index >= 15 is 0 Å². The topological polar surface area (TPSA) is 102 Å². The Bertz CT molecular complexity index is 819. The number of benzene rings is 1. The molecule has 7 nitrogen and oxygen atoms in total. The molecular weight excluding hydrogens is 384 g/mol. The van der Waals surface area contributed by atoms with Gasteiger partial charge in [-0.25, -0.2) is 0 Å². The Labute approximate surface area is 155 Å². The molecule has 1 unspecified atom stereocenters. The van der Waals surface area contributed by atoms with Crippen molar-refractivity contribution in [2.75, 3.05) is 0 Å². The highest BCUT2D eigenvalue weighted by atomic mass is 32.2. The Kier molecular flexibility index (Phi) is 5.21. The van der Waals surface area contributed by atoms with Gasteiger partial charge in [-0.2, -0.15) is 0 Å². The number of nitrogens with one attached hydrogen (secondary N) is 2. The summed E-state index contributed by atoms with van der Waals surface area (Å²) in [6.07, 6.45) is 1.48. The quantitative estimate of drug-likeness (QED) is 0.345. The summed E-state index contributed by atoms with van der Waals surface area (Å²) < 4.78 is 5.56. The highest BCUT2D eigenvalue weighted by molar-refractivity contribution is 8.26. The molecule has 2 fully saturated rings. The molecule has 0 spiro atoms. The van der Waals surface area contributed by atoms with Crippen molar-refractivity contribution >= 4 is 69.2 Å². The Hall–Kier alpha value is -2.17. The predicted molar refractivity (Wildman–Crippen MR) is 97.9 cm³/mol. The van der Waals surface area contributed by atoms with Gasteiger partial charge in [0.1, 0.15) is 15.3 Å². The highest BCUT2D eigenvalue weighted by Gasteiger charge is 2.33. The largest absolute Gasteiger partial charge is 0.426 e. The van der Waals surface area contributed by atoms with E-state index in [-0.39, 0.29) is 12.3 Å². The smallest absolute Gasteiger partial charge is 0.312 e. The zero-order valence-electron chi connectivity index (χ0n) is 12.4. The first-order chi connectivity index (χ1) is 11.9. The molecule has 0 radical (unpaired) electrons. The molecule has 2 saturated heterocycles. The minimum atomic E-state index is -0.759. The van der Waals surface area contributed by atoms with Crippen LogP contribution in [0.2, 0.25) is 0 Å².